The van der Waals surface area contributed by atoms with Gasteiger partial charge in [0.1, 0.15) is 0 Å². The van der Waals surface area contributed by atoms with Gasteiger partial charge in [-0.05, 0) is 30.2 Å². The highest BCUT2D eigenvalue weighted by Gasteiger charge is 2.16. The van der Waals surface area contributed by atoms with E-state index in [9.17, 15) is 8.42 Å². The van der Waals surface area contributed by atoms with Crippen molar-refractivity contribution in [1.82, 2.24) is 4.72 Å². The minimum Gasteiger partial charge on any atom is -0.396 e. The second-order valence-corrected chi connectivity index (χ2v) is 7.04. The van der Waals surface area contributed by atoms with E-state index >= 15 is 0 Å². The summed E-state index contributed by atoms with van der Waals surface area (Å²) < 4.78 is 27.4. The Kier molecular flexibility index (Phi) is 5.33. The molecule has 0 heterocycles. The maximum Gasteiger partial charge on any atom is 0.241 e. The highest BCUT2D eigenvalue weighted by atomic mass is 32.2. The quantitative estimate of drug-likeness (QED) is 0.773. The first kappa shape index (κ1) is 15.9. The summed E-state index contributed by atoms with van der Waals surface area (Å²) in [5, 5.41) is 10.6. The van der Waals surface area contributed by atoms with Gasteiger partial charge in [-0.2, -0.15) is 0 Å². The summed E-state index contributed by atoms with van der Waals surface area (Å²) >= 11 is 0. The number of aliphatic hydroxyl groups excluding tert-OH is 1. The monoisotopic (exact) mass is 307 g/mol. The SMILES string of the molecule is CC(CO)CCCNS(=O)(=O)c1cccc2ccccc12. The molecule has 4 nitrogen and oxygen atoms in total. The van der Waals surface area contributed by atoms with Crippen LogP contribution in [0.4, 0.5) is 0 Å². The smallest absolute Gasteiger partial charge is 0.241 e. The van der Waals surface area contributed by atoms with E-state index in [1.165, 1.54) is 0 Å². The van der Waals surface area contributed by atoms with E-state index in [0.29, 0.717) is 17.9 Å². The van der Waals surface area contributed by atoms with Crippen molar-refractivity contribution in [2.45, 2.75) is 24.7 Å². The summed E-state index contributed by atoms with van der Waals surface area (Å²) in [5.41, 5.74) is 0. The van der Waals surface area contributed by atoms with E-state index in [-0.39, 0.29) is 12.5 Å². The summed E-state index contributed by atoms with van der Waals surface area (Å²) in [6.45, 7) is 2.46. The molecule has 0 aliphatic heterocycles. The Balaban J connectivity index is 2.11. The van der Waals surface area contributed by atoms with Gasteiger partial charge in [-0.3, -0.25) is 0 Å². The first-order valence-corrected chi connectivity index (χ1v) is 8.61. The van der Waals surface area contributed by atoms with E-state index in [0.717, 1.165) is 17.2 Å². The van der Waals surface area contributed by atoms with E-state index in [4.69, 9.17) is 5.11 Å². The molecule has 0 aromatic heterocycles. The van der Waals surface area contributed by atoms with Gasteiger partial charge in [0.25, 0.3) is 0 Å². The van der Waals surface area contributed by atoms with Crippen LogP contribution >= 0.6 is 0 Å². The number of hydrogen-bond donors (Lipinski definition) is 2. The molecule has 2 aromatic rings. The maximum atomic E-state index is 12.4. The van der Waals surface area contributed by atoms with Crippen LogP contribution in [0.3, 0.4) is 0 Å². The van der Waals surface area contributed by atoms with Crippen molar-refractivity contribution in [2.75, 3.05) is 13.2 Å². The summed E-state index contributed by atoms with van der Waals surface area (Å²) in [6, 6.07) is 12.7. The summed E-state index contributed by atoms with van der Waals surface area (Å²) in [5.74, 6) is 0.201. The molecule has 0 saturated carbocycles. The standard InChI is InChI=1S/C16H21NO3S/c1-13(12-18)6-5-11-17-21(19,20)16-10-4-8-14-7-2-3-9-15(14)16/h2-4,7-10,13,17-18H,5-6,11-12H2,1H3. The molecule has 0 amide bonds. The third-order valence-electron chi connectivity index (χ3n) is 3.52. The molecule has 114 valence electrons. The highest BCUT2D eigenvalue weighted by molar-refractivity contribution is 7.89. The zero-order valence-electron chi connectivity index (χ0n) is 12.1. The zero-order valence-corrected chi connectivity index (χ0v) is 12.9. The van der Waals surface area contributed by atoms with E-state index < -0.39 is 10.0 Å². The van der Waals surface area contributed by atoms with Gasteiger partial charge in [-0.25, -0.2) is 13.1 Å². The fourth-order valence-electron chi connectivity index (χ4n) is 2.26. The average molecular weight is 307 g/mol. The molecular formula is C16H21NO3S. The van der Waals surface area contributed by atoms with Gasteiger partial charge in [0, 0.05) is 18.5 Å². The van der Waals surface area contributed by atoms with Crippen LogP contribution in [-0.4, -0.2) is 26.7 Å². The molecule has 5 heteroatoms. The molecule has 2 N–H and O–H groups in total. The van der Waals surface area contributed by atoms with Gasteiger partial charge in [-0.1, -0.05) is 43.3 Å². The van der Waals surface area contributed by atoms with Crippen molar-refractivity contribution >= 4 is 20.8 Å². The number of sulfonamides is 1. The molecule has 1 unspecified atom stereocenters. The van der Waals surface area contributed by atoms with E-state index in [2.05, 4.69) is 4.72 Å². The second-order valence-electron chi connectivity index (χ2n) is 5.31. The Morgan fingerprint density at radius 1 is 1.14 bits per heavy atom. The Labute approximate surface area is 125 Å². The molecule has 0 saturated heterocycles. The third kappa shape index (κ3) is 4.03. The average Bonchev–Trinajstić information content (AvgIpc) is 2.50. The van der Waals surface area contributed by atoms with Gasteiger partial charge < -0.3 is 5.11 Å². The lowest BCUT2D eigenvalue weighted by atomic mass is 10.1. The van der Waals surface area contributed by atoms with Crippen molar-refractivity contribution in [3.63, 3.8) is 0 Å². The maximum absolute atomic E-state index is 12.4. The second kappa shape index (κ2) is 7.02. The molecular weight excluding hydrogens is 286 g/mol. The van der Waals surface area contributed by atoms with Crippen molar-refractivity contribution in [1.29, 1.82) is 0 Å². The first-order chi connectivity index (χ1) is 10.0. The van der Waals surface area contributed by atoms with Crippen LogP contribution in [0.25, 0.3) is 10.8 Å². The van der Waals surface area contributed by atoms with Crippen LogP contribution in [0.15, 0.2) is 47.4 Å². The van der Waals surface area contributed by atoms with Crippen molar-refractivity contribution in [3.05, 3.63) is 42.5 Å². The molecule has 0 aliphatic carbocycles. The van der Waals surface area contributed by atoms with Gasteiger partial charge in [-0.15, -0.1) is 0 Å². The molecule has 0 aliphatic rings. The van der Waals surface area contributed by atoms with Crippen LogP contribution < -0.4 is 4.72 Å². The number of rotatable bonds is 7. The van der Waals surface area contributed by atoms with Gasteiger partial charge in [0.05, 0.1) is 4.90 Å². The van der Waals surface area contributed by atoms with Crippen LogP contribution in [0, 0.1) is 5.92 Å². The predicted molar refractivity (Wildman–Crippen MR) is 84.6 cm³/mol. The van der Waals surface area contributed by atoms with Crippen LogP contribution in [0.5, 0.6) is 0 Å². The van der Waals surface area contributed by atoms with Crippen LogP contribution in [0.1, 0.15) is 19.8 Å². The fourth-order valence-corrected chi connectivity index (χ4v) is 3.56. The number of nitrogens with one attached hydrogen (secondary N) is 1. The minimum absolute atomic E-state index is 0.135. The number of hydrogen-bond acceptors (Lipinski definition) is 3. The third-order valence-corrected chi connectivity index (χ3v) is 5.04. The minimum atomic E-state index is -3.50. The summed E-state index contributed by atoms with van der Waals surface area (Å²) in [6.07, 6.45) is 1.51. The van der Waals surface area contributed by atoms with Crippen LogP contribution in [0.2, 0.25) is 0 Å². The summed E-state index contributed by atoms with van der Waals surface area (Å²) in [7, 11) is -3.50. The Bertz CT molecular complexity index is 692. The molecule has 2 rings (SSSR count). The van der Waals surface area contributed by atoms with Crippen molar-refractivity contribution in [2.24, 2.45) is 5.92 Å². The van der Waals surface area contributed by atoms with Crippen LogP contribution in [-0.2, 0) is 10.0 Å². The molecule has 1 atom stereocenters. The topological polar surface area (TPSA) is 66.4 Å². The lowest BCUT2D eigenvalue weighted by Crippen LogP contribution is -2.25. The first-order valence-electron chi connectivity index (χ1n) is 7.13. The van der Waals surface area contributed by atoms with E-state index in [1.54, 1.807) is 12.1 Å². The Morgan fingerprint density at radius 3 is 2.62 bits per heavy atom. The van der Waals surface area contributed by atoms with Gasteiger partial charge in [0.2, 0.25) is 10.0 Å². The van der Waals surface area contributed by atoms with E-state index in [1.807, 2.05) is 37.3 Å². The zero-order chi connectivity index (χ0) is 15.3. The molecule has 0 bridgehead atoms. The van der Waals surface area contributed by atoms with Gasteiger partial charge >= 0.3 is 0 Å². The molecule has 2 aromatic carbocycles. The molecule has 0 spiro atoms. The lowest BCUT2D eigenvalue weighted by molar-refractivity contribution is 0.228. The number of aliphatic hydroxyl groups is 1. The highest BCUT2D eigenvalue weighted by Crippen LogP contribution is 2.22. The normalized spacial score (nSPS) is 13.4. The van der Waals surface area contributed by atoms with Crippen molar-refractivity contribution < 1.29 is 13.5 Å². The Morgan fingerprint density at radius 2 is 1.86 bits per heavy atom. The lowest BCUT2D eigenvalue weighted by Gasteiger charge is -2.11. The number of benzene rings is 2. The van der Waals surface area contributed by atoms with Crippen molar-refractivity contribution in [3.8, 4) is 0 Å². The largest absolute Gasteiger partial charge is 0.396 e. The number of fused-ring (bicyclic) bond motifs is 1. The predicted octanol–water partition coefficient (Wildman–Crippen LogP) is 2.53. The Hall–Kier alpha value is -1.43. The van der Waals surface area contributed by atoms with Gasteiger partial charge in [0.15, 0.2) is 0 Å². The summed E-state index contributed by atoms with van der Waals surface area (Å²) in [4.78, 5) is 0.316. The molecule has 0 radical (unpaired) electrons. The molecule has 0 fully saturated rings. The molecule has 21 heavy (non-hydrogen) atoms. The fraction of sp³-hybridized carbons (Fsp3) is 0.375.